The summed E-state index contributed by atoms with van der Waals surface area (Å²) in [6.45, 7) is 1.55. The van der Waals surface area contributed by atoms with E-state index in [0.717, 1.165) is 37.1 Å². The summed E-state index contributed by atoms with van der Waals surface area (Å²) in [5, 5.41) is 0. The topological polar surface area (TPSA) is 20.3 Å². The molecule has 2 aromatic carbocycles. The molecule has 2 nitrogen and oxygen atoms in total. The Morgan fingerprint density at radius 3 is 2.33 bits per heavy atom. The predicted octanol–water partition coefficient (Wildman–Crippen LogP) is 4.12. The first-order chi connectivity index (χ1) is 10.2. The van der Waals surface area contributed by atoms with Crippen LogP contribution in [0.2, 0.25) is 0 Å². The van der Waals surface area contributed by atoms with Gasteiger partial charge in [0.05, 0.1) is 0 Å². The number of rotatable bonds is 2. The SMILES string of the molecule is O=C(c1cc(F)cc(-c2ccccc2)c1)N1CCCCC1. The van der Waals surface area contributed by atoms with Crippen LogP contribution in [-0.4, -0.2) is 23.9 Å². The van der Waals surface area contributed by atoms with E-state index in [1.807, 2.05) is 35.2 Å². The Kier molecular flexibility index (Phi) is 4.00. The molecule has 0 aliphatic carbocycles. The molecule has 3 rings (SSSR count). The first-order valence-corrected chi connectivity index (χ1v) is 7.39. The molecule has 1 aliphatic heterocycles. The predicted molar refractivity (Wildman–Crippen MR) is 81.6 cm³/mol. The van der Waals surface area contributed by atoms with Gasteiger partial charge in [-0.1, -0.05) is 30.3 Å². The number of hydrogen-bond donors (Lipinski definition) is 0. The van der Waals surface area contributed by atoms with E-state index < -0.39 is 0 Å². The second-order valence-corrected chi connectivity index (χ2v) is 5.45. The van der Waals surface area contributed by atoms with Gasteiger partial charge in [-0.2, -0.15) is 0 Å². The normalized spacial score (nSPS) is 15.0. The van der Waals surface area contributed by atoms with E-state index in [9.17, 15) is 9.18 Å². The molecule has 1 fully saturated rings. The number of amides is 1. The minimum absolute atomic E-state index is 0.0635. The third-order valence-corrected chi connectivity index (χ3v) is 3.90. The Balaban J connectivity index is 1.92. The second-order valence-electron chi connectivity index (χ2n) is 5.45. The monoisotopic (exact) mass is 283 g/mol. The summed E-state index contributed by atoms with van der Waals surface area (Å²) in [4.78, 5) is 14.3. The minimum Gasteiger partial charge on any atom is -0.339 e. The zero-order valence-corrected chi connectivity index (χ0v) is 11.9. The molecule has 1 amide bonds. The van der Waals surface area contributed by atoms with Crippen LogP contribution in [0.25, 0.3) is 11.1 Å². The molecule has 21 heavy (non-hydrogen) atoms. The fourth-order valence-corrected chi connectivity index (χ4v) is 2.79. The summed E-state index contributed by atoms with van der Waals surface area (Å²) in [5.41, 5.74) is 2.11. The number of piperidine rings is 1. The summed E-state index contributed by atoms with van der Waals surface area (Å²) in [6.07, 6.45) is 3.24. The van der Waals surface area contributed by atoms with Gasteiger partial charge in [0.25, 0.3) is 5.91 Å². The van der Waals surface area contributed by atoms with Crippen LogP contribution in [0.3, 0.4) is 0 Å². The molecule has 108 valence electrons. The average Bonchev–Trinajstić information content (AvgIpc) is 2.55. The van der Waals surface area contributed by atoms with Crippen molar-refractivity contribution in [1.82, 2.24) is 4.90 Å². The maximum atomic E-state index is 13.9. The van der Waals surface area contributed by atoms with Crippen molar-refractivity contribution in [3.8, 4) is 11.1 Å². The Morgan fingerprint density at radius 2 is 1.62 bits per heavy atom. The number of nitrogens with zero attached hydrogens (tertiary/aromatic N) is 1. The van der Waals surface area contributed by atoms with Crippen LogP contribution < -0.4 is 0 Å². The molecule has 0 N–H and O–H groups in total. The van der Waals surface area contributed by atoms with Gasteiger partial charge >= 0.3 is 0 Å². The first-order valence-electron chi connectivity index (χ1n) is 7.39. The summed E-state index contributed by atoms with van der Waals surface area (Å²) in [7, 11) is 0. The van der Waals surface area contributed by atoms with Crippen LogP contribution >= 0.6 is 0 Å². The molecule has 1 aliphatic rings. The summed E-state index contributed by atoms with van der Waals surface area (Å²) >= 11 is 0. The van der Waals surface area contributed by atoms with Crippen molar-refractivity contribution in [3.05, 3.63) is 59.9 Å². The third kappa shape index (κ3) is 3.13. The first kappa shape index (κ1) is 13.8. The van der Waals surface area contributed by atoms with E-state index in [-0.39, 0.29) is 11.7 Å². The quantitative estimate of drug-likeness (QED) is 0.812. The lowest BCUT2D eigenvalue weighted by Crippen LogP contribution is -2.35. The lowest BCUT2D eigenvalue weighted by molar-refractivity contribution is 0.0724. The molecule has 0 unspecified atom stereocenters. The molecular formula is C18H18FNO. The largest absolute Gasteiger partial charge is 0.339 e. The highest BCUT2D eigenvalue weighted by Gasteiger charge is 2.19. The van der Waals surface area contributed by atoms with E-state index in [2.05, 4.69) is 0 Å². The Morgan fingerprint density at radius 1 is 0.905 bits per heavy atom. The number of carbonyl (C=O) groups is 1. The Bertz CT molecular complexity index is 633. The highest BCUT2D eigenvalue weighted by atomic mass is 19.1. The number of benzene rings is 2. The zero-order valence-electron chi connectivity index (χ0n) is 11.9. The van der Waals surface area contributed by atoms with Crippen LogP contribution in [0, 0.1) is 5.82 Å². The van der Waals surface area contributed by atoms with Crippen LogP contribution in [0.5, 0.6) is 0 Å². The van der Waals surface area contributed by atoms with Crippen molar-refractivity contribution in [2.24, 2.45) is 0 Å². The molecule has 2 aromatic rings. The molecule has 0 bridgehead atoms. The van der Waals surface area contributed by atoms with Gasteiger partial charge in [-0.25, -0.2) is 4.39 Å². The van der Waals surface area contributed by atoms with Gasteiger partial charge in [-0.15, -0.1) is 0 Å². The third-order valence-electron chi connectivity index (χ3n) is 3.90. The molecule has 0 aromatic heterocycles. The molecular weight excluding hydrogens is 265 g/mol. The van der Waals surface area contributed by atoms with Gasteiger partial charge in [0, 0.05) is 18.7 Å². The highest BCUT2D eigenvalue weighted by molar-refractivity contribution is 5.95. The second kappa shape index (κ2) is 6.08. The lowest BCUT2D eigenvalue weighted by Gasteiger charge is -2.26. The molecule has 0 atom stereocenters. The zero-order chi connectivity index (χ0) is 14.7. The van der Waals surface area contributed by atoms with E-state index in [1.54, 1.807) is 6.07 Å². The lowest BCUT2D eigenvalue weighted by atomic mass is 10.0. The maximum Gasteiger partial charge on any atom is 0.253 e. The van der Waals surface area contributed by atoms with Gasteiger partial charge < -0.3 is 4.90 Å². The van der Waals surface area contributed by atoms with E-state index in [4.69, 9.17) is 0 Å². The van der Waals surface area contributed by atoms with Gasteiger partial charge in [0.15, 0.2) is 0 Å². The standard InChI is InChI=1S/C18H18FNO/c19-17-12-15(14-7-3-1-4-8-14)11-16(13-17)18(21)20-9-5-2-6-10-20/h1,3-4,7-8,11-13H,2,5-6,9-10H2. The average molecular weight is 283 g/mol. The summed E-state index contributed by atoms with van der Waals surface area (Å²) in [5.74, 6) is -0.428. The summed E-state index contributed by atoms with van der Waals surface area (Å²) in [6, 6.07) is 14.2. The van der Waals surface area contributed by atoms with Crippen LogP contribution in [0.1, 0.15) is 29.6 Å². The molecule has 0 spiro atoms. The van der Waals surface area contributed by atoms with Crippen molar-refractivity contribution >= 4 is 5.91 Å². The number of likely N-dealkylation sites (tertiary alicyclic amines) is 1. The molecule has 1 heterocycles. The smallest absolute Gasteiger partial charge is 0.253 e. The summed E-state index contributed by atoms with van der Waals surface area (Å²) < 4.78 is 13.9. The number of carbonyl (C=O) groups excluding carboxylic acids is 1. The molecule has 3 heteroatoms. The molecule has 1 saturated heterocycles. The fourth-order valence-electron chi connectivity index (χ4n) is 2.79. The van der Waals surface area contributed by atoms with E-state index in [0.29, 0.717) is 5.56 Å². The van der Waals surface area contributed by atoms with Crippen LogP contribution in [0.4, 0.5) is 4.39 Å². The minimum atomic E-state index is -0.364. The van der Waals surface area contributed by atoms with E-state index in [1.165, 1.54) is 18.6 Å². The highest BCUT2D eigenvalue weighted by Crippen LogP contribution is 2.23. The fraction of sp³-hybridized carbons (Fsp3) is 0.278. The van der Waals surface area contributed by atoms with Crippen LogP contribution in [-0.2, 0) is 0 Å². The van der Waals surface area contributed by atoms with Crippen molar-refractivity contribution < 1.29 is 9.18 Å². The Hall–Kier alpha value is -2.16. The van der Waals surface area contributed by atoms with Crippen molar-refractivity contribution in [1.29, 1.82) is 0 Å². The number of hydrogen-bond acceptors (Lipinski definition) is 1. The van der Waals surface area contributed by atoms with E-state index >= 15 is 0 Å². The van der Waals surface area contributed by atoms with Gasteiger partial charge in [0.1, 0.15) is 5.82 Å². The van der Waals surface area contributed by atoms with Crippen molar-refractivity contribution in [2.45, 2.75) is 19.3 Å². The molecule has 0 saturated carbocycles. The van der Waals surface area contributed by atoms with Crippen molar-refractivity contribution in [3.63, 3.8) is 0 Å². The van der Waals surface area contributed by atoms with Gasteiger partial charge in [-0.05, 0) is 48.6 Å². The van der Waals surface area contributed by atoms with Crippen LogP contribution in [0.15, 0.2) is 48.5 Å². The van der Waals surface area contributed by atoms with Gasteiger partial charge in [0.2, 0.25) is 0 Å². The molecule has 0 radical (unpaired) electrons. The number of halogens is 1. The maximum absolute atomic E-state index is 13.9. The Labute approximate surface area is 124 Å². The van der Waals surface area contributed by atoms with Gasteiger partial charge in [-0.3, -0.25) is 4.79 Å². The van der Waals surface area contributed by atoms with Crippen molar-refractivity contribution in [2.75, 3.05) is 13.1 Å².